The second-order valence-electron chi connectivity index (χ2n) is 6.50. The fourth-order valence-electron chi connectivity index (χ4n) is 3.21. The van der Waals surface area contributed by atoms with E-state index in [2.05, 4.69) is 31.2 Å². The summed E-state index contributed by atoms with van der Waals surface area (Å²) in [5.41, 5.74) is 2.46. The molecule has 2 rings (SSSR count). The molecule has 0 saturated carbocycles. The highest BCUT2D eigenvalue weighted by atomic mass is 16.3. The van der Waals surface area contributed by atoms with E-state index in [1.54, 1.807) is 6.92 Å². The lowest BCUT2D eigenvalue weighted by Gasteiger charge is -2.28. The van der Waals surface area contributed by atoms with E-state index < -0.39 is 0 Å². The minimum absolute atomic E-state index is 0.00213. The number of likely N-dealkylation sites (tertiary alicyclic amines) is 1. The van der Waals surface area contributed by atoms with Crippen LogP contribution < -0.4 is 0 Å². The first kappa shape index (κ1) is 16.0. The molecule has 1 aromatic rings. The van der Waals surface area contributed by atoms with Crippen LogP contribution in [0.4, 0.5) is 0 Å². The van der Waals surface area contributed by atoms with Gasteiger partial charge in [0.2, 0.25) is 5.91 Å². The molecule has 3 nitrogen and oxygen atoms in total. The number of hydrogen-bond acceptors (Lipinski definition) is 2. The Morgan fingerprint density at radius 3 is 2.62 bits per heavy atom. The molecule has 1 fully saturated rings. The molecule has 1 aliphatic heterocycles. The minimum Gasteiger partial charge on any atom is -0.393 e. The van der Waals surface area contributed by atoms with Gasteiger partial charge in [0.05, 0.1) is 6.10 Å². The first-order chi connectivity index (χ1) is 9.97. The molecule has 3 unspecified atom stereocenters. The molecule has 0 aromatic heterocycles. The average molecular weight is 289 g/mol. The molecule has 0 spiro atoms. The summed E-state index contributed by atoms with van der Waals surface area (Å²) < 4.78 is 0. The van der Waals surface area contributed by atoms with Crippen molar-refractivity contribution < 1.29 is 9.90 Å². The Morgan fingerprint density at radius 2 is 2.00 bits per heavy atom. The SMILES string of the molecule is Cc1ccc(CC(C)C(=O)N2CCCC2CC(C)O)cc1. The van der Waals surface area contributed by atoms with Gasteiger partial charge in [-0.2, -0.15) is 0 Å². The van der Waals surface area contributed by atoms with Gasteiger partial charge in [-0.1, -0.05) is 36.8 Å². The molecule has 1 heterocycles. The van der Waals surface area contributed by atoms with Crippen LogP contribution in [-0.2, 0) is 11.2 Å². The standard InChI is InChI=1S/C18H27NO2/c1-13-6-8-16(9-7-13)11-14(2)18(21)19-10-4-5-17(19)12-15(3)20/h6-9,14-15,17,20H,4-5,10-12H2,1-3H3. The molecule has 21 heavy (non-hydrogen) atoms. The van der Waals surface area contributed by atoms with Crippen molar-refractivity contribution in [2.45, 2.75) is 58.6 Å². The fraction of sp³-hybridized carbons (Fsp3) is 0.611. The maximum absolute atomic E-state index is 12.7. The quantitative estimate of drug-likeness (QED) is 0.905. The Labute approximate surface area is 128 Å². The van der Waals surface area contributed by atoms with Gasteiger partial charge in [-0.25, -0.2) is 0 Å². The third-order valence-electron chi connectivity index (χ3n) is 4.36. The molecular weight excluding hydrogens is 262 g/mol. The van der Waals surface area contributed by atoms with Gasteiger partial charge in [0.15, 0.2) is 0 Å². The van der Waals surface area contributed by atoms with Crippen molar-refractivity contribution in [3.8, 4) is 0 Å². The van der Waals surface area contributed by atoms with Crippen LogP contribution in [0.15, 0.2) is 24.3 Å². The highest BCUT2D eigenvalue weighted by Crippen LogP contribution is 2.24. The van der Waals surface area contributed by atoms with Crippen molar-refractivity contribution in [3.05, 3.63) is 35.4 Å². The van der Waals surface area contributed by atoms with Crippen LogP contribution in [0.5, 0.6) is 0 Å². The number of nitrogens with zero attached hydrogens (tertiary/aromatic N) is 1. The van der Waals surface area contributed by atoms with Crippen molar-refractivity contribution in [1.29, 1.82) is 0 Å². The van der Waals surface area contributed by atoms with Crippen LogP contribution >= 0.6 is 0 Å². The molecule has 1 aromatic carbocycles. The Morgan fingerprint density at radius 1 is 1.33 bits per heavy atom. The molecule has 1 aliphatic rings. The monoisotopic (exact) mass is 289 g/mol. The first-order valence-electron chi connectivity index (χ1n) is 8.01. The van der Waals surface area contributed by atoms with Gasteiger partial charge < -0.3 is 10.0 Å². The van der Waals surface area contributed by atoms with Crippen LogP contribution in [0.25, 0.3) is 0 Å². The molecule has 1 N–H and O–H groups in total. The minimum atomic E-state index is -0.337. The molecule has 0 bridgehead atoms. The summed E-state index contributed by atoms with van der Waals surface area (Å²) in [5, 5.41) is 9.57. The van der Waals surface area contributed by atoms with E-state index >= 15 is 0 Å². The molecule has 116 valence electrons. The molecule has 1 amide bonds. The number of carbonyl (C=O) groups is 1. The summed E-state index contributed by atoms with van der Waals surface area (Å²) in [6, 6.07) is 8.63. The van der Waals surface area contributed by atoms with E-state index in [0.29, 0.717) is 6.42 Å². The summed E-state index contributed by atoms with van der Waals surface area (Å²) in [5.74, 6) is 0.237. The summed E-state index contributed by atoms with van der Waals surface area (Å²) >= 11 is 0. The lowest BCUT2D eigenvalue weighted by molar-refractivity contribution is -0.136. The zero-order valence-corrected chi connectivity index (χ0v) is 13.4. The van der Waals surface area contributed by atoms with Gasteiger partial charge >= 0.3 is 0 Å². The Bertz CT molecular complexity index is 467. The normalized spacial score (nSPS) is 21.3. The van der Waals surface area contributed by atoms with E-state index in [0.717, 1.165) is 25.8 Å². The molecule has 3 heteroatoms. The van der Waals surface area contributed by atoms with Crippen molar-refractivity contribution in [1.82, 2.24) is 4.90 Å². The second kappa shape index (κ2) is 7.08. The molecule has 3 atom stereocenters. The van der Waals surface area contributed by atoms with Crippen molar-refractivity contribution in [2.75, 3.05) is 6.54 Å². The highest BCUT2D eigenvalue weighted by Gasteiger charge is 2.31. The Balaban J connectivity index is 1.96. The number of amides is 1. The van der Waals surface area contributed by atoms with Gasteiger partial charge in [0, 0.05) is 18.5 Å². The summed E-state index contributed by atoms with van der Waals surface area (Å²) in [7, 11) is 0. The summed E-state index contributed by atoms with van der Waals surface area (Å²) in [4.78, 5) is 14.6. The number of aliphatic hydroxyl groups is 1. The summed E-state index contributed by atoms with van der Waals surface area (Å²) in [6.45, 7) is 6.73. The smallest absolute Gasteiger partial charge is 0.225 e. The van der Waals surface area contributed by atoms with Crippen LogP contribution in [0.1, 0.15) is 44.2 Å². The lowest BCUT2D eigenvalue weighted by Crippen LogP contribution is -2.40. The maximum Gasteiger partial charge on any atom is 0.225 e. The van der Waals surface area contributed by atoms with Gasteiger partial charge in [-0.05, 0) is 45.1 Å². The Kier molecular flexibility index (Phi) is 5.40. The van der Waals surface area contributed by atoms with Crippen molar-refractivity contribution in [2.24, 2.45) is 5.92 Å². The largest absolute Gasteiger partial charge is 0.393 e. The predicted octanol–water partition coefficient (Wildman–Crippen LogP) is 2.94. The maximum atomic E-state index is 12.7. The zero-order valence-electron chi connectivity index (χ0n) is 13.4. The van der Waals surface area contributed by atoms with E-state index in [4.69, 9.17) is 0 Å². The number of hydrogen-bond donors (Lipinski definition) is 1. The lowest BCUT2D eigenvalue weighted by atomic mass is 9.98. The molecular formula is C18H27NO2. The zero-order chi connectivity index (χ0) is 15.4. The third-order valence-corrected chi connectivity index (χ3v) is 4.36. The fourth-order valence-corrected chi connectivity index (χ4v) is 3.21. The first-order valence-corrected chi connectivity index (χ1v) is 8.01. The summed E-state index contributed by atoms with van der Waals surface area (Å²) in [6.07, 6.45) is 3.23. The number of aryl methyl sites for hydroxylation is 1. The molecule has 1 saturated heterocycles. The Hall–Kier alpha value is -1.35. The van der Waals surface area contributed by atoms with Gasteiger partial charge in [-0.15, -0.1) is 0 Å². The number of carbonyl (C=O) groups excluding carboxylic acids is 1. The van der Waals surface area contributed by atoms with E-state index in [1.165, 1.54) is 11.1 Å². The number of rotatable bonds is 5. The van der Waals surface area contributed by atoms with E-state index in [9.17, 15) is 9.90 Å². The predicted molar refractivity (Wildman–Crippen MR) is 85.1 cm³/mol. The number of aliphatic hydroxyl groups excluding tert-OH is 1. The molecule has 0 aliphatic carbocycles. The van der Waals surface area contributed by atoms with Crippen LogP contribution in [0.2, 0.25) is 0 Å². The van der Waals surface area contributed by atoms with Gasteiger partial charge in [0.25, 0.3) is 0 Å². The topological polar surface area (TPSA) is 40.5 Å². The average Bonchev–Trinajstić information content (AvgIpc) is 2.87. The molecule has 0 radical (unpaired) electrons. The van der Waals surface area contributed by atoms with Crippen LogP contribution in [-0.4, -0.2) is 34.6 Å². The van der Waals surface area contributed by atoms with E-state index in [1.807, 2.05) is 11.8 Å². The highest BCUT2D eigenvalue weighted by molar-refractivity contribution is 5.79. The van der Waals surface area contributed by atoms with Crippen LogP contribution in [0, 0.1) is 12.8 Å². The van der Waals surface area contributed by atoms with Crippen molar-refractivity contribution >= 4 is 5.91 Å². The van der Waals surface area contributed by atoms with E-state index in [-0.39, 0.29) is 24.0 Å². The second-order valence-corrected chi connectivity index (χ2v) is 6.50. The van der Waals surface area contributed by atoms with Gasteiger partial charge in [0.1, 0.15) is 0 Å². The number of benzene rings is 1. The van der Waals surface area contributed by atoms with Crippen LogP contribution in [0.3, 0.4) is 0 Å². The third kappa shape index (κ3) is 4.31. The van der Waals surface area contributed by atoms with Gasteiger partial charge in [-0.3, -0.25) is 4.79 Å². The van der Waals surface area contributed by atoms with Crippen molar-refractivity contribution in [3.63, 3.8) is 0 Å².